The van der Waals surface area contributed by atoms with Gasteiger partial charge in [0.1, 0.15) is 0 Å². The molecule has 6 nitrogen and oxygen atoms in total. The lowest BCUT2D eigenvalue weighted by atomic mass is 9.95. The van der Waals surface area contributed by atoms with E-state index in [0.717, 1.165) is 11.1 Å². The van der Waals surface area contributed by atoms with Gasteiger partial charge in [-0.1, -0.05) is 59.9 Å². The van der Waals surface area contributed by atoms with E-state index in [0.29, 0.717) is 26.3 Å². The molecule has 0 saturated carbocycles. The number of carbonyl (C=O) groups excluding carboxylic acids is 1. The van der Waals surface area contributed by atoms with Crippen LogP contribution in [0.4, 0.5) is 5.69 Å². The van der Waals surface area contributed by atoms with E-state index in [9.17, 15) is 9.59 Å². The van der Waals surface area contributed by atoms with E-state index < -0.39 is 6.04 Å². The highest BCUT2D eigenvalue weighted by Gasteiger charge is 2.32. The number of thiazole rings is 1. The van der Waals surface area contributed by atoms with Crippen LogP contribution < -0.4 is 20.2 Å². The van der Waals surface area contributed by atoms with Crippen LogP contribution in [0.1, 0.15) is 24.1 Å². The van der Waals surface area contributed by atoms with E-state index in [-0.39, 0.29) is 11.5 Å². The summed E-state index contributed by atoms with van der Waals surface area (Å²) in [6.45, 7) is 1.81. The number of hydrogen-bond donors (Lipinski definition) is 1. The van der Waals surface area contributed by atoms with E-state index in [4.69, 9.17) is 4.42 Å². The number of para-hydroxylation sites is 1. The molecule has 0 unspecified atom stereocenters. The predicted octanol–water partition coefficient (Wildman–Crippen LogP) is 3.47. The summed E-state index contributed by atoms with van der Waals surface area (Å²) in [6, 6.07) is 20.0. The minimum absolute atomic E-state index is 0.193. The van der Waals surface area contributed by atoms with Crippen molar-refractivity contribution >= 4 is 29.0 Å². The number of carbonyl (C=O) groups is 1. The fourth-order valence-corrected chi connectivity index (χ4v) is 4.84. The van der Waals surface area contributed by atoms with Crippen LogP contribution in [-0.4, -0.2) is 10.5 Å². The Kier molecular flexibility index (Phi) is 5.17. The molecule has 1 aliphatic rings. The van der Waals surface area contributed by atoms with E-state index in [2.05, 4.69) is 10.3 Å². The Labute approximate surface area is 187 Å². The van der Waals surface area contributed by atoms with Gasteiger partial charge in [0.05, 0.1) is 34.4 Å². The average molecular weight is 442 g/mol. The average Bonchev–Trinajstić information content (AvgIpc) is 3.42. The number of hydrogen-bond acceptors (Lipinski definition) is 5. The first kappa shape index (κ1) is 20.0. The molecule has 0 aliphatic carbocycles. The van der Waals surface area contributed by atoms with Gasteiger partial charge in [-0.05, 0) is 36.8 Å². The molecule has 158 valence electrons. The largest absolute Gasteiger partial charge is 0.472 e. The van der Waals surface area contributed by atoms with E-state index in [1.54, 1.807) is 29.2 Å². The van der Waals surface area contributed by atoms with Crippen molar-refractivity contribution in [3.63, 3.8) is 0 Å². The number of amides is 1. The monoisotopic (exact) mass is 441 g/mol. The second-order valence-corrected chi connectivity index (χ2v) is 8.38. The summed E-state index contributed by atoms with van der Waals surface area (Å²) in [5.41, 5.74) is 3.16. The van der Waals surface area contributed by atoms with Crippen LogP contribution in [0.25, 0.3) is 6.08 Å². The molecule has 3 heterocycles. The summed E-state index contributed by atoms with van der Waals surface area (Å²) < 4.78 is 7.26. The van der Waals surface area contributed by atoms with Crippen molar-refractivity contribution in [3.8, 4) is 0 Å². The standard InChI is InChI=1S/C25H19N3O3S/c1-16-21(23(29)27-19-10-6-3-7-11-19)22(18-8-4-2-5-9-18)28-24(30)20(32-25(28)26-16)14-17-12-13-31-15-17/h2-15,22H,1H3,(H,27,29)/b20-14+/t22-/m1/s1. The Hall–Kier alpha value is -3.97. The number of fused-ring (bicyclic) bond motifs is 1. The Balaban J connectivity index is 1.68. The van der Waals surface area contributed by atoms with Gasteiger partial charge in [0, 0.05) is 11.3 Å². The third-order valence-corrected chi connectivity index (χ3v) is 6.24. The number of furan rings is 1. The molecule has 1 amide bonds. The highest BCUT2D eigenvalue weighted by atomic mass is 32.1. The van der Waals surface area contributed by atoms with Crippen LogP contribution in [0.2, 0.25) is 0 Å². The molecule has 2 aromatic carbocycles. The summed E-state index contributed by atoms with van der Waals surface area (Å²) in [4.78, 5) is 32.0. The lowest BCUT2D eigenvalue weighted by Gasteiger charge is -2.25. The van der Waals surface area contributed by atoms with Gasteiger partial charge < -0.3 is 9.73 Å². The minimum Gasteiger partial charge on any atom is -0.472 e. The first-order chi connectivity index (χ1) is 15.6. The Bertz CT molecular complexity index is 1480. The summed E-state index contributed by atoms with van der Waals surface area (Å²) >= 11 is 1.30. The first-order valence-corrected chi connectivity index (χ1v) is 10.9. The van der Waals surface area contributed by atoms with Crippen molar-refractivity contribution in [1.29, 1.82) is 0 Å². The van der Waals surface area contributed by atoms with Crippen LogP contribution in [0.3, 0.4) is 0 Å². The summed E-state index contributed by atoms with van der Waals surface area (Å²) in [6.07, 6.45) is 4.92. The molecule has 0 spiro atoms. The third kappa shape index (κ3) is 3.63. The molecule has 2 aromatic heterocycles. The second-order valence-electron chi connectivity index (χ2n) is 7.37. The zero-order chi connectivity index (χ0) is 22.1. The number of anilines is 1. The molecular formula is C25H19N3O3S. The molecule has 4 aromatic rings. The zero-order valence-corrected chi connectivity index (χ0v) is 18.0. The third-order valence-electron chi connectivity index (χ3n) is 5.25. The van der Waals surface area contributed by atoms with Crippen molar-refractivity contribution in [2.45, 2.75) is 13.0 Å². The topological polar surface area (TPSA) is 76.6 Å². The molecule has 1 N–H and O–H groups in total. The minimum atomic E-state index is -0.581. The van der Waals surface area contributed by atoms with Gasteiger partial charge in [0.25, 0.3) is 11.5 Å². The molecule has 7 heteroatoms. The van der Waals surface area contributed by atoms with Crippen molar-refractivity contribution in [2.24, 2.45) is 4.99 Å². The molecular weight excluding hydrogens is 422 g/mol. The molecule has 0 saturated heterocycles. The SMILES string of the molecule is CC1=C(C(=O)Nc2ccccc2)[C@@H](c2ccccc2)n2c(s/c(=C/c3ccoc3)c2=O)=N1. The van der Waals surface area contributed by atoms with Gasteiger partial charge in [-0.25, -0.2) is 4.99 Å². The molecule has 1 atom stereocenters. The van der Waals surface area contributed by atoms with Crippen LogP contribution >= 0.6 is 11.3 Å². The smallest absolute Gasteiger partial charge is 0.271 e. The van der Waals surface area contributed by atoms with Crippen LogP contribution in [0, 0.1) is 0 Å². The lowest BCUT2D eigenvalue weighted by Crippen LogP contribution is -2.40. The predicted molar refractivity (Wildman–Crippen MR) is 124 cm³/mol. The van der Waals surface area contributed by atoms with Gasteiger partial charge in [0.15, 0.2) is 4.80 Å². The summed E-state index contributed by atoms with van der Waals surface area (Å²) in [5.74, 6) is -0.282. The summed E-state index contributed by atoms with van der Waals surface area (Å²) in [5, 5.41) is 2.95. The molecule has 0 radical (unpaired) electrons. The van der Waals surface area contributed by atoms with Gasteiger partial charge in [-0.3, -0.25) is 14.2 Å². The number of allylic oxidation sites excluding steroid dienone is 1. The van der Waals surface area contributed by atoms with Crippen molar-refractivity contribution in [3.05, 3.63) is 121 Å². The quantitative estimate of drug-likeness (QED) is 0.527. The Morgan fingerprint density at radius 2 is 1.81 bits per heavy atom. The number of rotatable bonds is 4. The Morgan fingerprint density at radius 1 is 1.09 bits per heavy atom. The van der Waals surface area contributed by atoms with Crippen molar-refractivity contribution in [2.75, 3.05) is 5.32 Å². The second kappa shape index (κ2) is 8.28. The molecule has 1 aliphatic heterocycles. The zero-order valence-electron chi connectivity index (χ0n) is 17.2. The number of benzene rings is 2. The normalized spacial score (nSPS) is 15.9. The maximum absolute atomic E-state index is 13.5. The summed E-state index contributed by atoms with van der Waals surface area (Å²) in [7, 11) is 0. The van der Waals surface area contributed by atoms with E-state index >= 15 is 0 Å². The maximum Gasteiger partial charge on any atom is 0.271 e. The molecule has 5 rings (SSSR count). The van der Waals surface area contributed by atoms with E-state index in [1.807, 2.05) is 67.6 Å². The fraction of sp³-hybridized carbons (Fsp3) is 0.0800. The van der Waals surface area contributed by atoms with Gasteiger partial charge in [-0.2, -0.15) is 0 Å². The number of nitrogens with one attached hydrogen (secondary N) is 1. The van der Waals surface area contributed by atoms with Crippen LogP contribution in [-0.2, 0) is 4.79 Å². The number of nitrogens with zero attached hydrogens (tertiary/aromatic N) is 2. The Morgan fingerprint density at radius 3 is 2.50 bits per heavy atom. The molecule has 0 bridgehead atoms. The van der Waals surface area contributed by atoms with Gasteiger partial charge >= 0.3 is 0 Å². The lowest BCUT2D eigenvalue weighted by molar-refractivity contribution is -0.113. The van der Waals surface area contributed by atoms with Gasteiger partial charge in [0.2, 0.25) is 0 Å². The van der Waals surface area contributed by atoms with E-state index in [1.165, 1.54) is 11.3 Å². The van der Waals surface area contributed by atoms with Crippen molar-refractivity contribution in [1.82, 2.24) is 4.57 Å². The molecule has 0 fully saturated rings. The van der Waals surface area contributed by atoms with Crippen molar-refractivity contribution < 1.29 is 9.21 Å². The molecule has 32 heavy (non-hydrogen) atoms. The fourth-order valence-electron chi connectivity index (χ4n) is 3.79. The highest BCUT2D eigenvalue weighted by Crippen LogP contribution is 2.30. The van der Waals surface area contributed by atoms with Gasteiger partial charge in [-0.15, -0.1) is 0 Å². The first-order valence-electron chi connectivity index (χ1n) is 10.1. The van der Waals surface area contributed by atoms with Crippen LogP contribution in [0.15, 0.2) is 105 Å². The van der Waals surface area contributed by atoms with Crippen LogP contribution in [0.5, 0.6) is 0 Å². The maximum atomic E-state index is 13.5. The number of aromatic nitrogens is 1. The highest BCUT2D eigenvalue weighted by molar-refractivity contribution is 7.07.